The maximum Gasteiger partial charge on any atom is 0.227 e. The molecule has 3 rings (SSSR count). The van der Waals surface area contributed by atoms with E-state index in [2.05, 4.69) is 31.3 Å². The Hall–Kier alpha value is -2.49. The maximum absolute atomic E-state index is 12.7. The minimum Gasteiger partial charge on any atom is -0.497 e. The van der Waals surface area contributed by atoms with E-state index in [1.807, 2.05) is 36.4 Å². The van der Waals surface area contributed by atoms with Crippen molar-refractivity contribution in [2.45, 2.75) is 37.6 Å². The van der Waals surface area contributed by atoms with Crippen LogP contribution in [-0.4, -0.2) is 25.7 Å². The van der Waals surface area contributed by atoms with Gasteiger partial charge in [-0.15, -0.1) is 0 Å². The van der Waals surface area contributed by atoms with E-state index in [9.17, 15) is 4.79 Å². The molecule has 1 aliphatic rings. The molecule has 0 saturated carbocycles. The van der Waals surface area contributed by atoms with Crippen LogP contribution in [0.3, 0.4) is 0 Å². The molecular weight excluding hydrogens is 314 g/mol. The van der Waals surface area contributed by atoms with Crippen molar-refractivity contribution in [2.75, 3.05) is 14.2 Å². The number of methoxy groups -OCH3 is 2. The Morgan fingerprint density at radius 2 is 1.36 bits per heavy atom. The Morgan fingerprint density at radius 1 is 0.880 bits per heavy atom. The number of piperidine rings is 1. The Kier molecular flexibility index (Phi) is 4.71. The molecule has 25 heavy (non-hydrogen) atoms. The Labute approximate surface area is 149 Å². The van der Waals surface area contributed by atoms with Crippen LogP contribution in [0.5, 0.6) is 11.5 Å². The molecule has 1 fully saturated rings. The lowest BCUT2D eigenvalue weighted by Crippen LogP contribution is -2.54. The van der Waals surface area contributed by atoms with Crippen molar-refractivity contribution in [3.05, 3.63) is 59.7 Å². The van der Waals surface area contributed by atoms with Crippen molar-refractivity contribution >= 4 is 5.91 Å². The summed E-state index contributed by atoms with van der Waals surface area (Å²) in [5, 5.41) is 3.21. The fourth-order valence-corrected chi connectivity index (χ4v) is 3.64. The van der Waals surface area contributed by atoms with Gasteiger partial charge in [-0.25, -0.2) is 0 Å². The Bertz CT molecular complexity index is 735. The number of benzene rings is 2. The molecule has 1 amide bonds. The number of amides is 1. The van der Waals surface area contributed by atoms with Crippen LogP contribution in [0.1, 0.15) is 43.2 Å². The lowest BCUT2D eigenvalue weighted by atomic mass is 9.71. The zero-order valence-electron chi connectivity index (χ0n) is 15.2. The third-order valence-electron chi connectivity index (χ3n) is 5.14. The average molecular weight is 339 g/mol. The summed E-state index contributed by atoms with van der Waals surface area (Å²) in [5.41, 5.74) is 1.94. The van der Waals surface area contributed by atoms with Crippen LogP contribution >= 0.6 is 0 Å². The minimum atomic E-state index is -0.297. The number of ether oxygens (including phenoxy) is 2. The van der Waals surface area contributed by atoms with Crippen LogP contribution in [0, 0.1) is 0 Å². The fourth-order valence-electron chi connectivity index (χ4n) is 3.64. The first-order valence-electron chi connectivity index (χ1n) is 8.54. The first-order chi connectivity index (χ1) is 11.9. The summed E-state index contributed by atoms with van der Waals surface area (Å²) in [6, 6.07) is 15.9. The minimum absolute atomic E-state index is 0.0833. The largest absolute Gasteiger partial charge is 0.497 e. The molecule has 1 saturated heterocycles. The Morgan fingerprint density at radius 3 is 1.84 bits per heavy atom. The fraction of sp³-hybridized carbons (Fsp3) is 0.381. The van der Waals surface area contributed by atoms with Gasteiger partial charge in [0.15, 0.2) is 0 Å². The molecule has 1 N–H and O–H groups in total. The summed E-state index contributed by atoms with van der Waals surface area (Å²) in [7, 11) is 3.31. The lowest BCUT2D eigenvalue weighted by Gasteiger charge is -2.43. The molecule has 0 aromatic heterocycles. The SMILES string of the molecule is COc1ccc([C@H]2C[C@@H](c3ccc(OC)cc3)C(C)(C)NC2=O)cc1. The average Bonchev–Trinajstić information content (AvgIpc) is 2.61. The van der Waals surface area contributed by atoms with E-state index in [1.54, 1.807) is 14.2 Å². The van der Waals surface area contributed by atoms with Gasteiger partial charge in [-0.1, -0.05) is 24.3 Å². The van der Waals surface area contributed by atoms with E-state index in [1.165, 1.54) is 5.56 Å². The summed E-state index contributed by atoms with van der Waals surface area (Å²) < 4.78 is 10.5. The highest BCUT2D eigenvalue weighted by molar-refractivity contribution is 5.85. The molecule has 0 radical (unpaired) electrons. The third-order valence-corrected chi connectivity index (χ3v) is 5.14. The van der Waals surface area contributed by atoms with Crippen molar-refractivity contribution in [1.82, 2.24) is 5.32 Å². The Balaban J connectivity index is 1.90. The number of rotatable bonds is 4. The molecule has 0 unspecified atom stereocenters. The zero-order valence-corrected chi connectivity index (χ0v) is 15.2. The first-order valence-corrected chi connectivity index (χ1v) is 8.54. The standard InChI is InChI=1S/C21H25NO3/c1-21(2)19(15-7-11-17(25-4)12-8-15)13-18(20(23)22-21)14-5-9-16(24-3)10-6-14/h5-12,18-19H,13H2,1-4H3,(H,22,23)/t18-,19+/m1/s1. The third kappa shape index (κ3) is 3.48. The first kappa shape index (κ1) is 17.3. The molecule has 2 aromatic carbocycles. The van der Waals surface area contributed by atoms with E-state index in [4.69, 9.17) is 9.47 Å². The van der Waals surface area contributed by atoms with Gasteiger partial charge in [0.1, 0.15) is 11.5 Å². The van der Waals surface area contributed by atoms with Crippen molar-refractivity contribution in [2.24, 2.45) is 0 Å². The predicted octanol–water partition coefficient (Wildman–Crippen LogP) is 3.87. The van der Waals surface area contributed by atoms with E-state index in [0.717, 1.165) is 23.5 Å². The van der Waals surface area contributed by atoms with Crippen LogP contribution in [-0.2, 0) is 4.79 Å². The highest BCUT2D eigenvalue weighted by atomic mass is 16.5. The second-order valence-corrected chi connectivity index (χ2v) is 7.10. The summed E-state index contributed by atoms with van der Waals surface area (Å²) in [4.78, 5) is 12.7. The molecule has 2 atom stereocenters. The summed E-state index contributed by atoms with van der Waals surface area (Å²) >= 11 is 0. The molecule has 1 aliphatic heterocycles. The smallest absolute Gasteiger partial charge is 0.227 e. The second-order valence-electron chi connectivity index (χ2n) is 7.10. The number of carbonyl (C=O) groups is 1. The molecule has 0 aliphatic carbocycles. The highest BCUT2D eigenvalue weighted by Crippen LogP contribution is 2.42. The van der Waals surface area contributed by atoms with Gasteiger partial charge >= 0.3 is 0 Å². The van der Waals surface area contributed by atoms with Crippen LogP contribution in [0.2, 0.25) is 0 Å². The highest BCUT2D eigenvalue weighted by Gasteiger charge is 2.42. The number of hydrogen-bond acceptors (Lipinski definition) is 3. The van der Waals surface area contributed by atoms with Gasteiger partial charge in [-0.2, -0.15) is 0 Å². The number of carbonyl (C=O) groups excluding carboxylic acids is 1. The summed E-state index contributed by atoms with van der Waals surface area (Å²) in [6.07, 6.45) is 0.775. The predicted molar refractivity (Wildman–Crippen MR) is 98.3 cm³/mol. The molecular formula is C21H25NO3. The van der Waals surface area contributed by atoms with Crippen LogP contribution in [0.25, 0.3) is 0 Å². The van der Waals surface area contributed by atoms with Crippen molar-refractivity contribution in [3.63, 3.8) is 0 Å². The van der Waals surface area contributed by atoms with Crippen LogP contribution in [0.4, 0.5) is 0 Å². The molecule has 1 heterocycles. The van der Waals surface area contributed by atoms with Crippen molar-refractivity contribution in [1.29, 1.82) is 0 Å². The van der Waals surface area contributed by atoms with Crippen LogP contribution < -0.4 is 14.8 Å². The molecule has 4 nitrogen and oxygen atoms in total. The van der Waals surface area contributed by atoms with E-state index >= 15 is 0 Å². The summed E-state index contributed by atoms with van der Waals surface area (Å²) in [5.74, 6) is 1.79. The van der Waals surface area contributed by atoms with E-state index in [-0.39, 0.29) is 23.3 Å². The maximum atomic E-state index is 12.7. The van der Waals surface area contributed by atoms with E-state index < -0.39 is 0 Å². The molecule has 0 bridgehead atoms. The van der Waals surface area contributed by atoms with E-state index in [0.29, 0.717) is 0 Å². The topological polar surface area (TPSA) is 47.6 Å². The van der Waals surface area contributed by atoms with Gasteiger partial charge in [-0.05, 0) is 55.7 Å². The molecule has 132 valence electrons. The van der Waals surface area contributed by atoms with Gasteiger partial charge in [0.2, 0.25) is 5.91 Å². The van der Waals surface area contributed by atoms with Gasteiger partial charge in [0.05, 0.1) is 20.1 Å². The number of hydrogen-bond donors (Lipinski definition) is 1. The monoisotopic (exact) mass is 339 g/mol. The van der Waals surface area contributed by atoms with Gasteiger partial charge < -0.3 is 14.8 Å². The van der Waals surface area contributed by atoms with Crippen molar-refractivity contribution in [3.8, 4) is 11.5 Å². The van der Waals surface area contributed by atoms with Gasteiger partial charge in [-0.3, -0.25) is 4.79 Å². The van der Waals surface area contributed by atoms with Gasteiger partial charge in [0, 0.05) is 11.5 Å². The quantitative estimate of drug-likeness (QED) is 0.920. The van der Waals surface area contributed by atoms with Crippen molar-refractivity contribution < 1.29 is 14.3 Å². The van der Waals surface area contributed by atoms with Crippen LogP contribution in [0.15, 0.2) is 48.5 Å². The summed E-state index contributed by atoms with van der Waals surface area (Å²) in [6.45, 7) is 4.17. The molecule has 0 spiro atoms. The second kappa shape index (κ2) is 6.79. The molecule has 4 heteroatoms. The zero-order chi connectivity index (χ0) is 18.0. The number of nitrogens with one attached hydrogen (secondary N) is 1. The lowest BCUT2D eigenvalue weighted by molar-refractivity contribution is -0.127. The molecule has 2 aromatic rings. The normalized spacial score (nSPS) is 22.2. The van der Waals surface area contributed by atoms with Gasteiger partial charge in [0.25, 0.3) is 0 Å².